The summed E-state index contributed by atoms with van der Waals surface area (Å²) < 4.78 is 1.29. The summed E-state index contributed by atoms with van der Waals surface area (Å²) in [7, 11) is 5.56. The summed E-state index contributed by atoms with van der Waals surface area (Å²) in [6.07, 6.45) is 6.14. The molecule has 12 nitrogen and oxygen atoms in total. The summed E-state index contributed by atoms with van der Waals surface area (Å²) in [6, 6.07) is 3.55. The molecule has 1 saturated carbocycles. The van der Waals surface area contributed by atoms with Crippen molar-refractivity contribution in [1.82, 2.24) is 24.7 Å². The minimum absolute atomic E-state index is 0.360. The molecular formula is C18H20B2N6O6. The molecule has 32 heavy (non-hydrogen) atoms. The van der Waals surface area contributed by atoms with Crippen LogP contribution in [0.1, 0.15) is 6.92 Å². The van der Waals surface area contributed by atoms with E-state index in [0.717, 1.165) is 5.39 Å². The molecule has 1 saturated heterocycles. The molecule has 0 bridgehead atoms. The van der Waals surface area contributed by atoms with Crippen molar-refractivity contribution in [3.05, 3.63) is 31.0 Å². The van der Waals surface area contributed by atoms with Gasteiger partial charge in [0.15, 0.2) is 6.71 Å². The summed E-state index contributed by atoms with van der Waals surface area (Å²) in [5.41, 5.74) is -3.65. The highest BCUT2D eigenvalue weighted by Gasteiger charge is 3.00. The maximum Gasteiger partial charge on any atom is 0.241 e. The topological polar surface area (TPSA) is 205 Å². The number of H-pyrrole nitrogens is 1. The van der Waals surface area contributed by atoms with Crippen LogP contribution in [0.5, 0.6) is 0 Å². The Labute approximate surface area is 183 Å². The fourth-order valence-electron chi connectivity index (χ4n) is 5.09. The molecule has 14 heteroatoms. The Bertz CT molecular complexity index is 1230. The van der Waals surface area contributed by atoms with E-state index in [9.17, 15) is 30.6 Å². The lowest BCUT2D eigenvalue weighted by Crippen LogP contribution is -2.70. The van der Waals surface area contributed by atoms with Crippen molar-refractivity contribution in [3.63, 3.8) is 0 Å². The molecule has 0 aromatic carbocycles. The molecule has 3 aromatic rings. The van der Waals surface area contributed by atoms with Gasteiger partial charge in [0.05, 0.1) is 28.8 Å². The number of hydrogen-bond acceptors (Lipinski definition) is 10. The molecule has 2 fully saturated rings. The van der Waals surface area contributed by atoms with Crippen molar-refractivity contribution in [2.24, 2.45) is 0 Å². The Hall–Kier alpha value is -2.79. The molecule has 3 aromatic heterocycles. The van der Waals surface area contributed by atoms with E-state index in [4.69, 9.17) is 13.1 Å². The fraction of sp³-hybridized carbons (Fsp3) is 0.444. The first-order valence-electron chi connectivity index (χ1n) is 9.60. The van der Waals surface area contributed by atoms with E-state index in [1.54, 1.807) is 24.5 Å². The molecule has 2 aliphatic rings. The first kappa shape index (κ1) is 22.4. The van der Waals surface area contributed by atoms with Gasteiger partial charge in [-0.25, -0.2) is 9.97 Å². The third kappa shape index (κ3) is 2.30. The minimum Gasteiger partial charge on any atom is -0.396 e. The zero-order valence-corrected chi connectivity index (χ0v) is 17.2. The summed E-state index contributed by atoms with van der Waals surface area (Å²) in [4.78, 5) is 11.3. The van der Waals surface area contributed by atoms with Gasteiger partial charge in [0.1, 0.15) is 25.3 Å². The standard InChI is InChI=1S/C16H17B2N5O6.C2H3N/c1-18-12(14(18,25)13(17,24)16(28,29)15(12,26)27)6-23-5-8(4-22-23)10-9-2-3-19-11(9)21-7-20-10;1-2-3/h2-5,7,24-29H,6H2,1H3,(H,19,20,21);1H3. The van der Waals surface area contributed by atoms with Gasteiger partial charge >= 0.3 is 0 Å². The predicted octanol–water partition coefficient (Wildman–Crippen LogP) is -2.27. The molecule has 4 heterocycles. The van der Waals surface area contributed by atoms with Crippen molar-refractivity contribution in [2.75, 3.05) is 0 Å². The molecule has 7 N–H and O–H groups in total. The summed E-state index contributed by atoms with van der Waals surface area (Å²) >= 11 is 0. The largest absolute Gasteiger partial charge is 0.396 e. The van der Waals surface area contributed by atoms with Gasteiger partial charge in [-0.1, -0.05) is 6.82 Å². The molecule has 1 aliphatic heterocycles. The van der Waals surface area contributed by atoms with E-state index < -0.39 is 34.6 Å². The third-order valence-corrected chi connectivity index (χ3v) is 6.86. The highest BCUT2D eigenvalue weighted by atomic mass is 16.6. The lowest BCUT2D eigenvalue weighted by atomic mass is 9.49. The summed E-state index contributed by atoms with van der Waals surface area (Å²) in [5, 5.41) is 72.9. The number of aromatic amines is 1. The van der Waals surface area contributed by atoms with Crippen LogP contribution < -0.4 is 0 Å². The fourth-order valence-corrected chi connectivity index (χ4v) is 5.09. The molecule has 0 amide bonds. The molecule has 0 spiro atoms. The van der Waals surface area contributed by atoms with Gasteiger partial charge in [0.2, 0.25) is 11.6 Å². The van der Waals surface area contributed by atoms with Crippen LogP contribution >= 0.6 is 0 Å². The summed E-state index contributed by atoms with van der Waals surface area (Å²) in [5.74, 6) is -6.88. The Morgan fingerprint density at radius 1 is 1.19 bits per heavy atom. The SMILES string of the molecule is CC#N.[B]C1(O)C(O)(O)C(O)(O)C2(Cn3cc(-c4ncnc5[nH]ccc45)cn3)B(C)C12O. The van der Waals surface area contributed by atoms with E-state index in [1.165, 1.54) is 31.0 Å². The Kier molecular flexibility index (Phi) is 4.63. The average molecular weight is 438 g/mol. The number of nitrogens with one attached hydrogen (secondary N) is 1. The van der Waals surface area contributed by atoms with Gasteiger partial charge in [-0.15, -0.1) is 0 Å². The number of nitrogens with zero attached hydrogens (tertiary/aromatic N) is 5. The maximum absolute atomic E-state index is 10.9. The number of hydrogen-bond donors (Lipinski definition) is 7. The number of aromatic nitrogens is 5. The van der Waals surface area contributed by atoms with Crippen LogP contribution in [0.4, 0.5) is 0 Å². The lowest BCUT2D eigenvalue weighted by molar-refractivity contribution is -0.378. The van der Waals surface area contributed by atoms with E-state index in [0.29, 0.717) is 16.9 Å². The van der Waals surface area contributed by atoms with Crippen LogP contribution in [-0.2, 0) is 6.54 Å². The minimum atomic E-state index is -3.57. The Morgan fingerprint density at radius 2 is 1.84 bits per heavy atom. The van der Waals surface area contributed by atoms with Crippen molar-refractivity contribution in [3.8, 4) is 17.3 Å². The number of aliphatic hydroxyl groups is 6. The monoisotopic (exact) mass is 438 g/mol. The van der Waals surface area contributed by atoms with Gasteiger partial charge in [0.25, 0.3) is 0 Å². The van der Waals surface area contributed by atoms with Crippen molar-refractivity contribution in [1.29, 1.82) is 5.26 Å². The third-order valence-electron chi connectivity index (χ3n) is 6.86. The van der Waals surface area contributed by atoms with Gasteiger partial charge < -0.3 is 35.6 Å². The van der Waals surface area contributed by atoms with Crippen LogP contribution in [0, 0.1) is 11.3 Å². The normalized spacial score (nSPS) is 31.5. The van der Waals surface area contributed by atoms with E-state index >= 15 is 0 Å². The van der Waals surface area contributed by atoms with Crippen molar-refractivity contribution >= 4 is 25.6 Å². The quantitative estimate of drug-likeness (QED) is 0.173. The number of rotatable bonds is 3. The van der Waals surface area contributed by atoms with Gasteiger partial charge in [-0.3, -0.25) is 4.68 Å². The first-order chi connectivity index (χ1) is 14.8. The van der Waals surface area contributed by atoms with E-state index in [1.807, 2.05) is 0 Å². The molecule has 164 valence electrons. The maximum atomic E-state index is 10.9. The number of nitriles is 1. The lowest BCUT2D eigenvalue weighted by Gasteiger charge is -2.43. The van der Waals surface area contributed by atoms with Crippen LogP contribution in [0.25, 0.3) is 22.3 Å². The zero-order chi connectivity index (χ0) is 23.7. The van der Waals surface area contributed by atoms with Crippen LogP contribution in [0.15, 0.2) is 31.0 Å². The second kappa shape index (κ2) is 6.61. The number of fused-ring (bicyclic) bond motifs is 2. The van der Waals surface area contributed by atoms with Crippen molar-refractivity contribution in [2.45, 2.75) is 48.2 Å². The Balaban J connectivity index is 0.000000775. The van der Waals surface area contributed by atoms with Gasteiger partial charge in [-0.2, -0.15) is 10.4 Å². The van der Waals surface area contributed by atoms with Crippen LogP contribution in [-0.4, -0.2) is 92.5 Å². The first-order valence-corrected chi connectivity index (χ1v) is 9.60. The van der Waals surface area contributed by atoms with Gasteiger partial charge in [0, 0.05) is 36.8 Å². The molecule has 3 atom stereocenters. The smallest absolute Gasteiger partial charge is 0.241 e. The van der Waals surface area contributed by atoms with E-state index in [2.05, 4.69) is 20.1 Å². The molecule has 5 rings (SSSR count). The summed E-state index contributed by atoms with van der Waals surface area (Å²) in [6.45, 7) is 1.52. The van der Waals surface area contributed by atoms with Crippen molar-refractivity contribution < 1.29 is 30.6 Å². The average Bonchev–Trinajstić information content (AvgIpc) is 3.19. The second-order valence-electron chi connectivity index (χ2n) is 8.18. The molecule has 3 unspecified atom stereocenters. The molecule has 1 aliphatic carbocycles. The predicted molar refractivity (Wildman–Crippen MR) is 111 cm³/mol. The molecule has 2 radical (unpaired) electrons. The van der Waals surface area contributed by atoms with Crippen LogP contribution in [0.2, 0.25) is 12.1 Å². The van der Waals surface area contributed by atoms with Crippen LogP contribution in [0.3, 0.4) is 0 Å². The highest BCUT2D eigenvalue weighted by molar-refractivity contribution is 6.80. The molecular weight excluding hydrogens is 418 g/mol. The zero-order valence-electron chi connectivity index (χ0n) is 17.2. The van der Waals surface area contributed by atoms with Gasteiger partial charge in [-0.05, 0) is 6.07 Å². The highest BCUT2D eigenvalue weighted by Crippen LogP contribution is 2.79. The van der Waals surface area contributed by atoms with E-state index in [-0.39, 0.29) is 6.54 Å². The Morgan fingerprint density at radius 3 is 2.47 bits per heavy atom. The second-order valence-corrected chi connectivity index (χ2v) is 8.18.